The largest absolute Gasteiger partial charge is 0.490 e. The maximum Gasteiger partial charge on any atom is 0.453 e. The van der Waals surface area contributed by atoms with Crippen molar-refractivity contribution in [3.8, 4) is 17.2 Å². The van der Waals surface area contributed by atoms with E-state index in [2.05, 4.69) is 15.3 Å². The Morgan fingerprint density at radius 2 is 1.77 bits per heavy atom. The normalized spacial score (nSPS) is 17.2. The van der Waals surface area contributed by atoms with Crippen molar-refractivity contribution >= 4 is 11.5 Å². The Kier molecular flexibility index (Phi) is 4.75. The minimum Gasteiger partial charge on any atom is -0.490 e. The number of piperidine rings is 1. The number of aryl methyl sites for hydroxylation is 1. The van der Waals surface area contributed by atoms with Gasteiger partial charge in [0.2, 0.25) is 0 Å². The molecule has 2 aliphatic heterocycles. The molecule has 0 aliphatic carbocycles. The van der Waals surface area contributed by atoms with Crippen molar-refractivity contribution in [3.05, 3.63) is 35.7 Å². The minimum atomic E-state index is -4.62. The average molecular weight is 435 g/mol. The van der Waals surface area contributed by atoms with Crippen LogP contribution in [-0.2, 0) is 6.18 Å². The fourth-order valence-corrected chi connectivity index (χ4v) is 3.88. The van der Waals surface area contributed by atoms with Crippen LogP contribution < -0.4 is 19.1 Å². The fraction of sp³-hybridized carbons (Fsp3) is 0.450. The van der Waals surface area contributed by atoms with Crippen LogP contribution in [0.1, 0.15) is 24.2 Å². The lowest BCUT2D eigenvalue weighted by atomic mass is 10.1. The summed E-state index contributed by atoms with van der Waals surface area (Å²) in [6.45, 7) is 4.07. The lowest BCUT2D eigenvalue weighted by Gasteiger charge is -2.33. The van der Waals surface area contributed by atoms with E-state index in [1.807, 2.05) is 30.0 Å². The molecule has 0 saturated carbocycles. The van der Waals surface area contributed by atoms with Crippen molar-refractivity contribution in [2.45, 2.75) is 32.0 Å². The van der Waals surface area contributed by atoms with Crippen molar-refractivity contribution in [1.29, 1.82) is 0 Å². The quantitative estimate of drug-likeness (QED) is 0.625. The molecule has 0 unspecified atom stereocenters. The number of aromatic nitrogens is 4. The number of rotatable bonds is 3. The van der Waals surface area contributed by atoms with Gasteiger partial charge in [0.15, 0.2) is 23.0 Å². The predicted octanol–water partition coefficient (Wildman–Crippen LogP) is 3.27. The number of halogens is 3. The smallest absolute Gasteiger partial charge is 0.453 e. The molecule has 4 heterocycles. The SMILES string of the molecule is Cc1cc2nnc(C(F)(F)F)n2nc1N1CCC(Oc2ccc3c(c2)OCCO3)CC1. The zero-order valence-corrected chi connectivity index (χ0v) is 16.7. The van der Waals surface area contributed by atoms with Gasteiger partial charge in [-0.05, 0) is 30.7 Å². The second-order valence-corrected chi connectivity index (χ2v) is 7.55. The minimum absolute atomic E-state index is 0.0107. The molecule has 3 aromatic rings. The molecule has 2 aromatic heterocycles. The predicted molar refractivity (Wildman–Crippen MR) is 104 cm³/mol. The van der Waals surface area contributed by atoms with E-state index in [0.29, 0.717) is 62.2 Å². The van der Waals surface area contributed by atoms with E-state index in [9.17, 15) is 13.2 Å². The van der Waals surface area contributed by atoms with Crippen LogP contribution in [0.15, 0.2) is 24.3 Å². The van der Waals surface area contributed by atoms with Crippen LogP contribution in [0.25, 0.3) is 5.65 Å². The van der Waals surface area contributed by atoms with Gasteiger partial charge in [-0.25, -0.2) is 0 Å². The first-order valence-electron chi connectivity index (χ1n) is 10.00. The number of nitrogens with zero attached hydrogens (tertiary/aromatic N) is 5. The van der Waals surface area contributed by atoms with Gasteiger partial charge in [-0.2, -0.15) is 17.7 Å². The number of anilines is 1. The fourth-order valence-electron chi connectivity index (χ4n) is 3.88. The van der Waals surface area contributed by atoms with Gasteiger partial charge in [-0.3, -0.25) is 0 Å². The number of fused-ring (bicyclic) bond motifs is 2. The second kappa shape index (κ2) is 7.47. The second-order valence-electron chi connectivity index (χ2n) is 7.55. The van der Waals surface area contributed by atoms with Gasteiger partial charge in [0, 0.05) is 32.0 Å². The summed E-state index contributed by atoms with van der Waals surface area (Å²) in [6, 6.07) is 7.08. The molecule has 8 nitrogen and oxygen atoms in total. The molecule has 0 radical (unpaired) electrons. The Morgan fingerprint density at radius 1 is 1.03 bits per heavy atom. The topological polar surface area (TPSA) is 74.0 Å². The van der Waals surface area contributed by atoms with E-state index in [-0.39, 0.29) is 11.8 Å². The first kappa shape index (κ1) is 19.7. The number of hydrogen-bond acceptors (Lipinski definition) is 7. The Labute approximate surface area is 175 Å². The molecule has 0 amide bonds. The third-order valence-corrected chi connectivity index (χ3v) is 5.37. The number of benzene rings is 1. The maximum absolute atomic E-state index is 13.2. The van der Waals surface area contributed by atoms with Crippen LogP contribution in [-0.4, -0.2) is 52.2 Å². The molecular formula is C20H20F3N5O3. The summed E-state index contributed by atoms with van der Waals surface area (Å²) in [5.41, 5.74) is 0.824. The standard InChI is InChI=1S/C20H20F3N5O3/c1-12-10-17-24-25-19(20(21,22)23)28(17)26-18(12)27-6-4-13(5-7-27)31-14-2-3-15-16(11-14)30-9-8-29-15/h2-3,10-11,13H,4-9H2,1H3. The molecule has 0 atom stereocenters. The lowest BCUT2D eigenvalue weighted by Crippen LogP contribution is -2.39. The van der Waals surface area contributed by atoms with E-state index in [1.165, 1.54) is 0 Å². The van der Waals surface area contributed by atoms with Gasteiger partial charge in [0.1, 0.15) is 25.1 Å². The highest BCUT2D eigenvalue weighted by atomic mass is 19.4. The molecule has 1 fully saturated rings. The monoisotopic (exact) mass is 435 g/mol. The summed E-state index contributed by atoms with van der Waals surface area (Å²) in [7, 11) is 0. The average Bonchev–Trinajstić information content (AvgIpc) is 3.17. The molecule has 1 aromatic carbocycles. The van der Waals surface area contributed by atoms with Gasteiger partial charge >= 0.3 is 6.18 Å². The maximum atomic E-state index is 13.2. The number of alkyl halides is 3. The molecule has 164 valence electrons. The van der Waals surface area contributed by atoms with Crippen molar-refractivity contribution in [1.82, 2.24) is 19.8 Å². The molecule has 5 rings (SSSR count). The highest BCUT2D eigenvalue weighted by Gasteiger charge is 2.38. The van der Waals surface area contributed by atoms with Crippen molar-refractivity contribution in [2.75, 3.05) is 31.2 Å². The summed E-state index contributed by atoms with van der Waals surface area (Å²) < 4.78 is 57.5. The molecule has 0 bridgehead atoms. The lowest BCUT2D eigenvalue weighted by molar-refractivity contribution is -0.146. The first-order chi connectivity index (χ1) is 14.9. The Morgan fingerprint density at radius 3 is 2.52 bits per heavy atom. The van der Waals surface area contributed by atoms with Crippen LogP contribution in [0, 0.1) is 6.92 Å². The molecule has 0 N–H and O–H groups in total. The number of ether oxygens (including phenoxy) is 3. The van der Waals surface area contributed by atoms with Crippen LogP contribution in [0.4, 0.5) is 19.0 Å². The van der Waals surface area contributed by atoms with E-state index in [0.717, 1.165) is 10.1 Å². The van der Waals surface area contributed by atoms with E-state index in [1.54, 1.807) is 6.07 Å². The molecule has 2 aliphatic rings. The van der Waals surface area contributed by atoms with Crippen LogP contribution in [0.2, 0.25) is 0 Å². The summed E-state index contributed by atoms with van der Waals surface area (Å²) >= 11 is 0. The van der Waals surface area contributed by atoms with Gasteiger partial charge in [0.25, 0.3) is 5.82 Å². The Hall–Kier alpha value is -3.24. The van der Waals surface area contributed by atoms with Gasteiger partial charge < -0.3 is 19.1 Å². The molecule has 0 spiro atoms. The van der Waals surface area contributed by atoms with Gasteiger partial charge in [0.05, 0.1) is 0 Å². The van der Waals surface area contributed by atoms with E-state index < -0.39 is 12.0 Å². The Bertz CT molecular complexity index is 1110. The van der Waals surface area contributed by atoms with Gasteiger partial charge in [-0.1, -0.05) is 0 Å². The van der Waals surface area contributed by atoms with Gasteiger partial charge in [-0.15, -0.1) is 15.3 Å². The zero-order valence-electron chi connectivity index (χ0n) is 16.7. The van der Waals surface area contributed by atoms with Crippen molar-refractivity contribution < 1.29 is 27.4 Å². The zero-order chi connectivity index (χ0) is 21.6. The van der Waals surface area contributed by atoms with Crippen molar-refractivity contribution in [2.24, 2.45) is 0 Å². The summed E-state index contributed by atoms with van der Waals surface area (Å²) in [5, 5.41) is 11.1. The van der Waals surface area contributed by atoms with Crippen LogP contribution >= 0.6 is 0 Å². The molecule has 31 heavy (non-hydrogen) atoms. The first-order valence-corrected chi connectivity index (χ1v) is 10.00. The van der Waals surface area contributed by atoms with E-state index >= 15 is 0 Å². The highest BCUT2D eigenvalue weighted by Crippen LogP contribution is 2.35. The molecular weight excluding hydrogens is 415 g/mol. The summed E-state index contributed by atoms with van der Waals surface area (Å²) in [4.78, 5) is 1.97. The third kappa shape index (κ3) is 3.79. The van der Waals surface area contributed by atoms with E-state index in [4.69, 9.17) is 14.2 Å². The highest BCUT2D eigenvalue weighted by molar-refractivity contribution is 5.53. The third-order valence-electron chi connectivity index (χ3n) is 5.37. The molecule has 1 saturated heterocycles. The van der Waals surface area contributed by atoms with Crippen LogP contribution in [0.3, 0.4) is 0 Å². The molecule has 11 heteroatoms. The Balaban J connectivity index is 1.29. The number of hydrogen-bond donors (Lipinski definition) is 0. The summed E-state index contributed by atoms with van der Waals surface area (Å²) in [5.74, 6) is 1.45. The van der Waals surface area contributed by atoms with Crippen LogP contribution in [0.5, 0.6) is 17.2 Å². The van der Waals surface area contributed by atoms with Crippen molar-refractivity contribution in [3.63, 3.8) is 0 Å². The summed E-state index contributed by atoms with van der Waals surface area (Å²) in [6.07, 6.45) is -3.21.